The largest absolute Gasteiger partial charge is 0.348 e. The van der Waals surface area contributed by atoms with Gasteiger partial charge in [0.1, 0.15) is 0 Å². The van der Waals surface area contributed by atoms with Crippen molar-refractivity contribution in [2.24, 2.45) is 5.92 Å². The molecule has 2 fully saturated rings. The molecule has 3 aromatic rings. The molecule has 1 aromatic carbocycles. The van der Waals surface area contributed by atoms with Crippen LogP contribution in [0.1, 0.15) is 16.8 Å². The van der Waals surface area contributed by atoms with Crippen molar-refractivity contribution >= 4 is 22.3 Å². The lowest BCUT2D eigenvalue weighted by atomic mass is 10.00. The van der Waals surface area contributed by atoms with Crippen molar-refractivity contribution in [3.63, 3.8) is 0 Å². The summed E-state index contributed by atoms with van der Waals surface area (Å²) in [6, 6.07) is 14.7. The highest BCUT2D eigenvalue weighted by Gasteiger charge is 2.38. The second-order valence-corrected chi connectivity index (χ2v) is 6.80. The SMILES string of the molecule is O=C(NC1CN2CC[C@H]1C2)c1ccc2cc3ccccc3n2c1. The summed E-state index contributed by atoms with van der Waals surface area (Å²) in [5, 5.41) is 4.44. The monoisotopic (exact) mass is 305 g/mol. The summed E-state index contributed by atoms with van der Waals surface area (Å²) >= 11 is 0. The Labute approximate surface area is 134 Å². The first kappa shape index (κ1) is 13.1. The summed E-state index contributed by atoms with van der Waals surface area (Å²) in [7, 11) is 0. The number of fused-ring (bicyclic) bond motifs is 5. The normalized spacial score (nSPS) is 26.2. The van der Waals surface area contributed by atoms with Gasteiger partial charge in [0.15, 0.2) is 0 Å². The van der Waals surface area contributed by atoms with Crippen LogP contribution in [0.25, 0.3) is 16.4 Å². The van der Waals surface area contributed by atoms with Crippen LogP contribution < -0.4 is 5.32 Å². The highest BCUT2D eigenvalue weighted by Crippen LogP contribution is 2.28. The highest BCUT2D eigenvalue weighted by molar-refractivity contribution is 5.96. The molecule has 2 saturated heterocycles. The summed E-state index contributed by atoms with van der Waals surface area (Å²) in [5.41, 5.74) is 2.99. The minimum absolute atomic E-state index is 0.0448. The number of aromatic nitrogens is 1. The molecule has 1 amide bonds. The van der Waals surface area contributed by atoms with Crippen LogP contribution in [-0.2, 0) is 0 Å². The van der Waals surface area contributed by atoms with Gasteiger partial charge >= 0.3 is 0 Å². The number of rotatable bonds is 2. The predicted octanol–water partition coefficient (Wildman–Crippen LogP) is 2.53. The molecule has 4 nitrogen and oxygen atoms in total. The first-order chi connectivity index (χ1) is 11.3. The second kappa shape index (κ2) is 4.83. The molecular weight excluding hydrogens is 286 g/mol. The Kier molecular flexibility index (Phi) is 2.76. The van der Waals surface area contributed by atoms with E-state index in [2.05, 4.69) is 32.8 Å². The maximum Gasteiger partial charge on any atom is 0.253 e. The number of nitrogens with zero attached hydrogens (tertiary/aromatic N) is 2. The van der Waals surface area contributed by atoms with Gasteiger partial charge in [-0.05, 0) is 43.1 Å². The van der Waals surface area contributed by atoms with Crippen LogP contribution in [0.2, 0.25) is 0 Å². The van der Waals surface area contributed by atoms with Crippen molar-refractivity contribution in [1.29, 1.82) is 0 Å². The second-order valence-electron chi connectivity index (χ2n) is 6.80. The van der Waals surface area contributed by atoms with E-state index in [0.29, 0.717) is 12.0 Å². The fourth-order valence-electron chi connectivity index (χ4n) is 4.16. The number of benzene rings is 1. The molecule has 4 heteroatoms. The Morgan fingerprint density at radius 2 is 2.04 bits per heavy atom. The quantitative estimate of drug-likeness (QED) is 0.790. The fraction of sp³-hybridized carbons (Fsp3) is 0.316. The molecule has 2 bridgehead atoms. The third-order valence-corrected chi connectivity index (χ3v) is 5.39. The van der Waals surface area contributed by atoms with E-state index in [0.717, 1.165) is 29.7 Å². The first-order valence-electron chi connectivity index (χ1n) is 8.31. The van der Waals surface area contributed by atoms with Gasteiger partial charge in [-0.25, -0.2) is 0 Å². The summed E-state index contributed by atoms with van der Waals surface area (Å²) in [5.74, 6) is 0.679. The highest BCUT2D eigenvalue weighted by atomic mass is 16.1. The molecule has 2 aliphatic rings. The molecule has 2 unspecified atom stereocenters. The van der Waals surface area contributed by atoms with Crippen LogP contribution in [-0.4, -0.2) is 40.9 Å². The molecule has 2 aliphatic heterocycles. The van der Waals surface area contributed by atoms with Crippen LogP contribution in [0.3, 0.4) is 0 Å². The Morgan fingerprint density at radius 3 is 2.87 bits per heavy atom. The van der Waals surface area contributed by atoms with E-state index in [9.17, 15) is 4.79 Å². The minimum atomic E-state index is 0.0448. The van der Waals surface area contributed by atoms with Gasteiger partial charge < -0.3 is 14.6 Å². The molecule has 4 heterocycles. The number of hydrogen-bond donors (Lipinski definition) is 1. The standard InChI is InChI=1S/C19H19N3O/c23-19(20-17-12-21-8-7-14(17)10-21)15-5-6-16-9-13-3-1-2-4-18(13)22(16)11-15/h1-6,9,11,14,17H,7-8,10,12H2,(H,20,23)/t14-,17?/m0/s1. The smallest absolute Gasteiger partial charge is 0.253 e. The third kappa shape index (κ3) is 2.05. The maximum atomic E-state index is 12.6. The number of pyridine rings is 1. The molecule has 0 aliphatic carbocycles. The predicted molar refractivity (Wildman–Crippen MR) is 90.7 cm³/mol. The number of nitrogens with one attached hydrogen (secondary N) is 1. The van der Waals surface area contributed by atoms with Gasteiger partial charge in [0, 0.05) is 36.2 Å². The van der Waals surface area contributed by atoms with Gasteiger partial charge in [0.05, 0.1) is 11.1 Å². The van der Waals surface area contributed by atoms with Gasteiger partial charge in [0.25, 0.3) is 5.91 Å². The van der Waals surface area contributed by atoms with Crippen molar-refractivity contribution in [3.05, 3.63) is 54.2 Å². The molecule has 3 atom stereocenters. The zero-order valence-electron chi connectivity index (χ0n) is 12.9. The van der Waals surface area contributed by atoms with E-state index in [1.165, 1.54) is 18.4 Å². The molecule has 23 heavy (non-hydrogen) atoms. The molecule has 1 N–H and O–H groups in total. The lowest BCUT2D eigenvalue weighted by Crippen LogP contribution is -2.43. The van der Waals surface area contributed by atoms with Gasteiger partial charge in [-0.1, -0.05) is 18.2 Å². The molecule has 5 rings (SSSR count). The molecule has 0 radical (unpaired) electrons. The molecule has 116 valence electrons. The van der Waals surface area contributed by atoms with E-state index >= 15 is 0 Å². The maximum absolute atomic E-state index is 12.6. The number of hydrogen-bond acceptors (Lipinski definition) is 2. The fourth-order valence-corrected chi connectivity index (χ4v) is 4.16. The van der Waals surface area contributed by atoms with E-state index < -0.39 is 0 Å². The number of piperidine rings is 1. The Bertz CT molecular complexity index is 913. The van der Waals surface area contributed by atoms with Crippen LogP contribution >= 0.6 is 0 Å². The van der Waals surface area contributed by atoms with Gasteiger partial charge in [-0.3, -0.25) is 4.79 Å². The van der Waals surface area contributed by atoms with Crippen molar-refractivity contribution in [3.8, 4) is 0 Å². The summed E-state index contributed by atoms with van der Waals surface area (Å²) in [6.45, 7) is 3.34. The van der Waals surface area contributed by atoms with Crippen LogP contribution in [0, 0.1) is 5.92 Å². The van der Waals surface area contributed by atoms with Crippen LogP contribution in [0.4, 0.5) is 0 Å². The van der Waals surface area contributed by atoms with Crippen LogP contribution in [0.15, 0.2) is 48.7 Å². The molecule has 0 spiro atoms. The number of carbonyl (C=O) groups is 1. The van der Waals surface area contributed by atoms with Gasteiger partial charge in [-0.2, -0.15) is 0 Å². The average Bonchev–Trinajstić information content (AvgIpc) is 3.27. The van der Waals surface area contributed by atoms with Crippen LogP contribution in [0.5, 0.6) is 0 Å². The molecular formula is C19H19N3O. The van der Waals surface area contributed by atoms with E-state index in [1.54, 1.807) is 0 Å². The zero-order chi connectivity index (χ0) is 15.4. The number of carbonyl (C=O) groups excluding carboxylic acids is 1. The lowest BCUT2D eigenvalue weighted by molar-refractivity contribution is 0.0924. The number of amides is 1. The minimum Gasteiger partial charge on any atom is -0.348 e. The van der Waals surface area contributed by atoms with Crippen molar-refractivity contribution in [2.75, 3.05) is 19.6 Å². The summed E-state index contributed by atoms with van der Waals surface area (Å²) in [6.07, 6.45) is 3.17. The average molecular weight is 305 g/mol. The van der Waals surface area contributed by atoms with Crippen molar-refractivity contribution in [1.82, 2.24) is 14.6 Å². The topological polar surface area (TPSA) is 36.8 Å². The Balaban J connectivity index is 1.47. The van der Waals surface area contributed by atoms with E-state index in [1.807, 2.05) is 30.5 Å². The number of para-hydroxylation sites is 1. The summed E-state index contributed by atoms with van der Waals surface area (Å²) < 4.78 is 2.11. The first-order valence-corrected chi connectivity index (χ1v) is 8.31. The van der Waals surface area contributed by atoms with Crippen molar-refractivity contribution in [2.45, 2.75) is 12.5 Å². The molecule has 0 saturated carbocycles. The lowest BCUT2D eigenvalue weighted by Gasteiger charge is -2.23. The Hall–Kier alpha value is -2.33. The zero-order valence-corrected chi connectivity index (χ0v) is 12.9. The summed E-state index contributed by atoms with van der Waals surface area (Å²) in [4.78, 5) is 15.1. The Morgan fingerprint density at radius 1 is 1.13 bits per heavy atom. The third-order valence-electron chi connectivity index (χ3n) is 5.39. The van der Waals surface area contributed by atoms with E-state index in [4.69, 9.17) is 0 Å². The van der Waals surface area contributed by atoms with Gasteiger partial charge in [-0.15, -0.1) is 0 Å². The molecule has 2 aromatic heterocycles. The van der Waals surface area contributed by atoms with Gasteiger partial charge in [0.2, 0.25) is 0 Å². The van der Waals surface area contributed by atoms with E-state index in [-0.39, 0.29) is 5.91 Å². The van der Waals surface area contributed by atoms with Crippen molar-refractivity contribution < 1.29 is 4.79 Å².